The molecule has 3 aromatic carbocycles. The van der Waals surface area contributed by atoms with Crippen LogP contribution in [-0.2, 0) is 13.0 Å². The molecule has 1 atom stereocenters. The first-order valence-electron chi connectivity index (χ1n) is 10.2. The Morgan fingerprint density at radius 1 is 0.929 bits per heavy atom. The molecule has 1 aliphatic heterocycles. The first-order valence-corrected chi connectivity index (χ1v) is 10.2. The molecule has 0 saturated heterocycles. The summed E-state index contributed by atoms with van der Waals surface area (Å²) in [6.45, 7) is 6.46. The lowest BCUT2D eigenvalue weighted by molar-refractivity contribution is 0.201. The van der Waals surface area contributed by atoms with Gasteiger partial charge in [-0.25, -0.2) is 0 Å². The van der Waals surface area contributed by atoms with Crippen molar-refractivity contribution < 1.29 is 0 Å². The van der Waals surface area contributed by atoms with Crippen LogP contribution in [0.5, 0.6) is 0 Å². The van der Waals surface area contributed by atoms with E-state index in [1.807, 2.05) is 0 Å². The quantitative estimate of drug-likeness (QED) is 0.476. The van der Waals surface area contributed by atoms with Gasteiger partial charge in [-0.05, 0) is 48.6 Å². The van der Waals surface area contributed by atoms with Gasteiger partial charge in [0.2, 0.25) is 0 Å². The normalized spacial score (nSPS) is 17.0. The smallest absolute Gasteiger partial charge is 0.0762 e. The van der Waals surface area contributed by atoms with E-state index in [4.69, 9.17) is 0 Å². The number of nitrogens with zero attached hydrogens (tertiary/aromatic N) is 1. The van der Waals surface area contributed by atoms with Crippen molar-refractivity contribution in [2.75, 3.05) is 6.54 Å². The van der Waals surface area contributed by atoms with Crippen molar-refractivity contribution in [2.24, 2.45) is 0 Å². The second kappa shape index (κ2) is 6.96. The Morgan fingerprint density at radius 3 is 2.54 bits per heavy atom. The highest BCUT2D eigenvalue weighted by atomic mass is 15.2. The molecular formula is C26H26N2. The van der Waals surface area contributed by atoms with Crippen LogP contribution >= 0.6 is 0 Å². The fourth-order valence-corrected chi connectivity index (χ4v) is 4.76. The highest BCUT2D eigenvalue weighted by molar-refractivity contribution is 5.85. The van der Waals surface area contributed by atoms with Gasteiger partial charge in [0.05, 0.1) is 6.04 Å². The number of benzene rings is 3. The van der Waals surface area contributed by atoms with Crippen LogP contribution in [0.3, 0.4) is 0 Å². The molecule has 0 amide bonds. The van der Waals surface area contributed by atoms with Gasteiger partial charge in [0.1, 0.15) is 0 Å². The third-order valence-electron chi connectivity index (χ3n) is 6.08. The van der Waals surface area contributed by atoms with E-state index >= 15 is 0 Å². The zero-order valence-electron chi connectivity index (χ0n) is 16.6. The molecule has 2 heterocycles. The molecule has 2 heteroatoms. The zero-order valence-corrected chi connectivity index (χ0v) is 16.6. The van der Waals surface area contributed by atoms with Gasteiger partial charge in [-0.15, -0.1) is 0 Å². The molecule has 1 aromatic heterocycles. The van der Waals surface area contributed by atoms with Gasteiger partial charge in [0, 0.05) is 29.7 Å². The molecule has 4 aromatic rings. The maximum absolute atomic E-state index is 3.78. The predicted molar refractivity (Wildman–Crippen MR) is 117 cm³/mol. The number of H-pyrrole nitrogens is 1. The van der Waals surface area contributed by atoms with Crippen LogP contribution < -0.4 is 0 Å². The number of para-hydroxylation sites is 1. The molecule has 5 rings (SSSR count). The van der Waals surface area contributed by atoms with Gasteiger partial charge in [0.25, 0.3) is 0 Å². The summed E-state index contributed by atoms with van der Waals surface area (Å²) >= 11 is 0. The maximum atomic E-state index is 3.78. The average molecular weight is 367 g/mol. The Balaban J connectivity index is 1.66. The standard InChI is InChI=1S/C26H26N2/c1-18-12-13-21(19(2)16-18)26-25-23(22-10-6-7-11-24(22)27-25)14-15-28(26)17-20-8-4-3-5-9-20/h3-13,16,26-27H,14-15,17H2,1-2H3. The highest BCUT2D eigenvalue weighted by Gasteiger charge is 2.32. The van der Waals surface area contributed by atoms with E-state index in [0.717, 1.165) is 19.5 Å². The molecule has 0 radical (unpaired) electrons. The molecule has 140 valence electrons. The van der Waals surface area contributed by atoms with Crippen LogP contribution in [-0.4, -0.2) is 16.4 Å². The monoisotopic (exact) mass is 366 g/mol. The molecular weight excluding hydrogens is 340 g/mol. The van der Waals surface area contributed by atoms with Gasteiger partial charge < -0.3 is 4.98 Å². The van der Waals surface area contributed by atoms with E-state index in [0.29, 0.717) is 0 Å². The fourth-order valence-electron chi connectivity index (χ4n) is 4.76. The van der Waals surface area contributed by atoms with Crippen molar-refractivity contribution in [3.05, 3.63) is 106 Å². The minimum atomic E-state index is 0.261. The number of nitrogens with one attached hydrogen (secondary N) is 1. The summed E-state index contributed by atoms with van der Waals surface area (Å²) in [5.41, 5.74) is 9.59. The number of aromatic nitrogens is 1. The Labute approximate surface area is 166 Å². The molecule has 1 N–H and O–H groups in total. The maximum Gasteiger partial charge on any atom is 0.0762 e. The second-order valence-electron chi connectivity index (χ2n) is 8.03. The van der Waals surface area contributed by atoms with Crippen LogP contribution in [0.1, 0.15) is 39.6 Å². The van der Waals surface area contributed by atoms with Crippen molar-refractivity contribution in [1.82, 2.24) is 9.88 Å². The van der Waals surface area contributed by atoms with Crippen LogP contribution in [0.15, 0.2) is 72.8 Å². The predicted octanol–water partition coefficient (Wildman–Crippen LogP) is 5.93. The van der Waals surface area contributed by atoms with E-state index in [1.165, 1.54) is 44.4 Å². The minimum Gasteiger partial charge on any atom is -0.357 e. The van der Waals surface area contributed by atoms with Crippen molar-refractivity contribution in [3.8, 4) is 0 Å². The molecule has 0 spiro atoms. The zero-order chi connectivity index (χ0) is 19.1. The van der Waals surface area contributed by atoms with Gasteiger partial charge >= 0.3 is 0 Å². The van der Waals surface area contributed by atoms with Gasteiger partial charge in [-0.1, -0.05) is 72.3 Å². The Hall–Kier alpha value is -2.84. The van der Waals surface area contributed by atoms with Gasteiger partial charge in [0.15, 0.2) is 0 Å². The van der Waals surface area contributed by atoms with Crippen molar-refractivity contribution in [2.45, 2.75) is 32.9 Å². The van der Waals surface area contributed by atoms with E-state index in [-0.39, 0.29) is 6.04 Å². The first-order chi connectivity index (χ1) is 13.7. The number of aromatic amines is 1. The summed E-state index contributed by atoms with van der Waals surface area (Å²) < 4.78 is 0. The molecule has 0 aliphatic carbocycles. The largest absolute Gasteiger partial charge is 0.357 e. The van der Waals surface area contributed by atoms with E-state index in [1.54, 1.807) is 0 Å². The third kappa shape index (κ3) is 2.94. The summed E-state index contributed by atoms with van der Waals surface area (Å²) in [5.74, 6) is 0. The van der Waals surface area contributed by atoms with Crippen LogP contribution in [0, 0.1) is 13.8 Å². The first kappa shape index (κ1) is 17.3. The van der Waals surface area contributed by atoms with E-state index in [2.05, 4.69) is 96.5 Å². The molecule has 2 nitrogen and oxygen atoms in total. The number of fused-ring (bicyclic) bond motifs is 3. The van der Waals surface area contributed by atoms with Crippen LogP contribution in [0.2, 0.25) is 0 Å². The minimum absolute atomic E-state index is 0.261. The van der Waals surface area contributed by atoms with Crippen LogP contribution in [0.25, 0.3) is 10.9 Å². The summed E-state index contributed by atoms with van der Waals surface area (Å²) in [6.07, 6.45) is 1.09. The Bertz CT molecular complexity index is 1120. The summed E-state index contributed by atoms with van der Waals surface area (Å²) in [6, 6.07) is 26.7. The van der Waals surface area contributed by atoms with Crippen molar-refractivity contribution in [1.29, 1.82) is 0 Å². The fraction of sp³-hybridized carbons (Fsp3) is 0.231. The molecule has 1 unspecified atom stereocenters. The highest BCUT2D eigenvalue weighted by Crippen LogP contribution is 2.40. The van der Waals surface area contributed by atoms with Crippen LogP contribution in [0.4, 0.5) is 0 Å². The van der Waals surface area contributed by atoms with Gasteiger partial charge in [-0.3, -0.25) is 4.90 Å². The SMILES string of the molecule is Cc1ccc(C2c3[nH]c4ccccc4c3CCN2Cc2ccccc2)c(C)c1. The van der Waals surface area contributed by atoms with Crippen molar-refractivity contribution in [3.63, 3.8) is 0 Å². The molecule has 28 heavy (non-hydrogen) atoms. The number of aryl methyl sites for hydroxylation is 2. The Kier molecular flexibility index (Phi) is 4.29. The van der Waals surface area contributed by atoms with E-state index in [9.17, 15) is 0 Å². The lowest BCUT2D eigenvalue weighted by Gasteiger charge is -2.37. The number of rotatable bonds is 3. The topological polar surface area (TPSA) is 19.0 Å². The molecule has 1 aliphatic rings. The summed E-state index contributed by atoms with van der Waals surface area (Å²) in [4.78, 5) is 6.41. The number of hydrogen-bond acceptors (Lipinski definition) is 1. The van der Waals surface area contributed by atoms with Gasteiger partial charge in [-0.2, -0.15) is 0 Å². The van der Waals surface area contributed by atoms with E-state index < -0.39 is 0 Å². The lowest BCUT2D eigenvalue weighted by Crippen LogP contribution is -2.36. The second-order valence-corrected chi connectivity index (χ2v) is 8.03. The molecule has 0 fully saturated rings. The molecule has 0 bridgehead atoms. The average Bonchev–Trinajstić information content (AvgIpc) is 3.08. The summed E-state index contributed by atoms with van der Waals surface area (Å²) in [5, 5.41) is 1.38. The number of hydrogen-bond donors (Lipinski definition) is 1. The molecule has 0 saturated carbocycles. The summed E-state index contributed by atoms with van der Waals surface area (Å²) in [7, 11) is 0. The Morgan fingerprint density at radius 2 is 1.71 bits per heavy atom. The third-order valence-corrected chi connectivity index (χ3v) is 6.08. The lowest BCUT2D eigenvalue weighted by atomic mass is 9.89. The van der Waals surface area contributed by atoms with Crippen molar-refractivity contribution >= 4 is 10.9 Å².